The van der Waals surface area contributed by atoms with E-state index in [1.807, 2.05) is 32.2 Å². The monoisotopic (exact) mass is 835 g/mol. The van der Waals surface area contributed by atoms with Crippen molar-refractivity contribution in [2.75, 3.05) is 13.7 Å². The summed E-state index contributed by atoms with van der Waals surface area (Å²) in [7, 11) is 1.53. The molecule has 312 valence electrons. The van der Waals surface area contributed by atoms with Crippen molar-refractivity contribution in [3.8, 4) is 22.9 Å². The Balaban J connectivity index is 1.20. The third-order valence-corrected chi connectivity index (χ3v) is 13.5. The Morgan fingerprint density at radius 3 is 2.43 bits per heavy atom. The van der Waals surface area contributed by atoms with Crippen LogP contribution in [0.25, 0.3) is 22.3 Å². The van der Waals surface area contributed by atoms with Gasteiger partial charge in [-0.15, -0.1) is 17.9 Å². The van der Waals surface area contributed by atoms with Crippen molar-refractivity contribution in [3.63, 3.8) is 0 Å². The fourth-order valence-corrected chi connectivity index (χ4v) is 10.2. The summed E-state index contributed by atoms with van der Waals surface area (Å²) < 4.78 is 24.2. The number of hydrogen-bond acceptors (Lipinski definition) is 11. The van der Waals surface area contributed by atoms with E-state index in [1.165, 1.54) is 12.0 Å². The maximum absolute atomic E-state index is 14.8. The lowest BCUT2D eigenvalue weighted by atomic mass is 9.77. The lowest BCUT2D eigenvalue weighted by Crippen LogP contribution is -2.48. The van der Waals surface area contributed by atoms with Gasteiger partial charge in [-0.25, -0.2) is 9.97 Å². The van der Waals surface area contributed by atoms with Crippen molar-refractivity contribution in [2.24, 2.45) is 28.6 Å². The largest absolute Gasteiger partial charge is 0.495 e. The van der Waals surface area contributed by atoms with E-state index < -0.39 is 40.8 Å². The third kappa shape index (κ3) is 8.63. The second-order valence-electron chi connectivity index (χ2n) is 18.0. The molecule has 3 aliphatic heterocycles. The van der Waals surface area contributed by atoms with Gasteiger partial charge in [-0.1, -0.05) is 52.3 Å². The molecule has 1 saturated carbocycles. The zero-order valence-electron chi connectivity index (χ0n) is 34.1. The van der Waals surface area contributed by atoms with E-state index in [0.29, 0.717) is 64.0 Å². The van der Waals surface area contributed by atoms with E-state index in [4.69, 9.17) is 40.5 Å². The zero-order chi connectivity index (χ0) is 41.7. The van der Waals surface area contributed by atoms with Crippen molar-refractivity contribution in [2.45, 2.75) is 123 Å². The number of methoxy groups -OCH3 is 1. The van der Waals surface area contributed by atoms with Gasteiger partial charge < -0.3 is 29.0 Å². The van der Waals surface area contributed by atoms with E-state index in [1.54, 1.807) is 29.5 Å². The van der Waals surface area contributed by atoms with Gasteiger partial charge in [0.15, 0.2) is 5.78 Å². The minimum atomic E-state index is -1.27. The molecular weight excluding hydrogens is 782 g/mol. The maximum Gasteiger partial charge on any atom is 0.310 e. The van der Waals surface area contributed by atoms with Crippen LogP contribution in [0.3, 0.4) is 0 Å². The topological polar surface area (TPSA) is 154 Å². The maximum atomic E-state index is 14.8. The highest BCUT2D eigenvalue weighted by molar-refractivity contribution is 7.09. The number of esters is 1. The smallest absolute Gasteiger partial charge is 0.310 e. The number of ketones is 1. The number of aromatic nitrogens is 2. The predicted molar refractivity (Wildman–Crippen MR) is 220 cm³/mol. The van der Waals surface area contributed by atoms with E-state index in [9.17, 15) is 24.3 Å². The van der Waals surface area contributed by atoms with Gasteiger partial charge in [0.2, 0.25) is 5.91 Å². The van der Waals surface area contributed by atoms with Crippen LogP contribution in [0.1, 0.15) is 91.0 Å². The summed E-state index contributed by atoms with van der Waals surface area (Å²) in [5, 5.41) is 14.0. The molecule has 3 aromatic rings. The molecule has 2 bridgehead atoms. The van der Waals surface area contributed by atoms with Crippen molar-refractivity contribution in [1.82, 2.24) is 14.9 Å². The number of carboxylic acids is 1. The number of fused-ring (bicyclic) bond motifs is 3. The van der Waals surface area contributed by atoms with Crippen LogP contribution in [0.4, 0.5) is 0 Å². The quantitative estimate of drug-likeness (QED) is 0.117. The Hall–Kier alpha value is -4.07. The lowest BCUT2D eigenvalue weighted by molar-refractivity contribution is -0.162. The molecule has 58 heavy (non-hydrogen) atoms. The Bertz CT molecular complexity index is 2090. The number of rotatable bonds is 15. The Labute approximate surface area is 348 Å². The summed E-state index contributed by atoms with van der Waals surface area (Å²) in [5.74, 6) is -2.16. The molecular formula is C44H54ClN3O9S. The van der Waals surface area contributed by atoms with Crippen LogP contribution < -0.4 is 9.47 Å². The van der Waals surface area contributed by atoms with Crippen molar-refractivity contribution >= 4 is 57.5 Å². The average Bonchev–Trinajstić information content (AvgIpc) is 3.42. The van der Waals surface area contributed by atoms with Crippen LogP contribution in [0, 0.1) is 28.6 Å². The van der Waals surface area contributed by atoms with Crippen LogP contribution in [0.5, 0.6) is 11.5 Å². The number of carbonyl (C=O) groups is 4. The minimum absolute atomic E-state index is 0.0312. The van der Waals surface area contributed by atoms with Crippen molar-refractivity contribution < 1.29 is 43.2 Å². The van der Waals surface area contributed by atoms with E-state index in [2.05, 4.69) is 20.4 Å². The fourth-order valence-electron chi connectivity index (χ4n) is 8.94. The summed E-state index contributed by atoms with van der Waals surface area (Å²) in [6.45, 7) is 13.8. The normalized spacial score (nSPS) is 27.1. The van der Waals surface area contributed by atoms with E-state index in [-0.39, 0.29) is 61.7 Å². The van der Waals surface area contributed by atoms with Crippen molar-refractivity contribution in [3.05, 3.63) is 46.3 Å². The number of nitrogens with zero attached hydrogens (tertiary/aromatic N) is 3. The molecule has 1 N–H and O–H groups in total. The van der Waals surface area contributed by atoms with Gasteiger partial charge >= 0.3 is 11.9 Å². The number of hydrogen-bond donors (Lipinski definition) is 1. The van der Waals surface area contributed by atoms with E-state index in [0.717, 1.165) is 24.3 Å². The first-order chi connectivity index (χ1) is 27.5. The molecule has 3 saturated heterocycles. The molecule has 12 nitrogen and oxygen atoms in total. The van der Waals surface area contributed by atoms with Gasteiger partial charge in [-0.2, -0.15) is 0 Å². The standard InChI is InChI=1S/C44H54ClN3O9S/c1-8-24-19-44(24,42(52)53)20-34(49)33-16-28(21-48(33)41(51)30(43(4,5)6)17-38(50)57-27-14-25-9-10-26(15-27)55-25)56-36-18-31(32-22-58-37(46-32)13-23(2)3)47-40-29(36)11-12-35(54-7)39(40)45/h8,11-12,18,22-28,30,33H,1,9-10,13-17,19-21H2,2-7H3,(H,52,53)/t24?,25-,26+,27?,28?,30-,33+,44-/m1/s1. The molecule has 1 aliphatic carbocycles. The molecule has 7 rings (SSSR count). The lowest BCUT2D eigenvalue weighted by Gasteiger charge is -2.35. The Morgan fingerprint density at radius 2 is 1.81 bits per heavy atom. The molecule has 8 atom stereocenters. The molecule has 4 aliphatic rings. The van der Waals surface area contributed by atoms with Gasteiger partial charge in [0.1, 0.15) is 28.7 Å². The number of ether oxygens (including phenoxy) is 4. The Kier molecular flexibility index (Phi) is 12.0. The second-order valence-corrected chi connectivity index (χ2v) is 19.3. The van der Waals surface area contributed by atoms with Crippen LogP contribution >= 0.6 is 22.9 Å². The summed E-state index contributed by atoms with van der Waals surface area (Å²) >= 11 is 8.40. The molecule has 2 aromatic heterocycles. The highest BCUT2D eigenvalue weighted by atomic mass is 35.5. The molecule has 0 spiro atoms. The molecule has 0 radical (unpaired) electrons. The zero-order valence-corrected chi connectivity index (χ0v) is 35.7. The van der Waals surface area contributed by atoms with Crippen LogP contribution in [-0.4, -0.2) is 87.7 Å². The summed E-state index contributed by atoms with van der Waals surface area (Å²) in [4.78, 5) is 66.5. The summed E-state index contributed by atoms with van der Waals surface area (Å²) in [6.07, 6.45) is 4.80. The number of aliphatic carboxylic acids is 1. The number of carbonyl (C=O) groups excluding carboxylic acids is 3. The fraction of sp³-hybridized carbons (Fsp3) is 0.591. The predicted octanol–water partition coefficient (Wildman–Crippen LogP) is 8.11. The van der Waals surface area contributed by atoms with Crippen molar-refractivity contribution in [1.29, 1.82) is 0 Å². The molecule has 1 amide bonds. The number of pyridine rings is 1. The number of amides is 1. The summed E-state index contributed by atoms with van der Waals surface area (Å²) in [5.41, 5.74) is -0.300. The van der Waals surface area contributed by atoms with Crippen LogP contribution in [0.2, 0.25) is 5.02 Å². The first kappa shape index (κ1) is 42.1. The Morgan fingerprint density at radius 1 is 1.09 bits per heavy atom. The molecule has 14 heteroatoms. The molecule has 3 unspecified atom stereocenters. The molecule has 4 fully saturated rings. The number of benzene rings is 1. The third-order valence-electron chi connectivity index (χ3n) is 12.3. The average molecular weight is 836 g/mol. The van der Waals surface area contributed by atoms with Gasteiger partial charge in [-0.3, -0.25) is 19.2 Å². The molecule has 1 aromatic carbocycles. The van der Waals surface area contributed by atoms with Gasteiger partial charge in [-0.05, 0) is 48.6 Å². The van der Waals surface area contributed by atoms with Gasteiger partial charge in [0, 0.05) is 48.9 Å². The first-order valence-electron chi connectivity index (χ1n) is 20.3. The number of likely N-dealkylation sites (tertiary alicyclic amines) is 1. The number of thiazole rings is 1. The molecule has 5 heterocycles. The number of carboxylic acid groups (broad SMARTS) is 1. The highest BCUT2D eigenvalue weighted by Crippen LogP contribution is 2.57. The van der Waals surface area contributed by atoms with Crippen LogP contribution in [-0.2, 0) is 35.1 Å². The summed E-state index contributed by atoms with van der Waals surface area (Å²) in [6, 6.07) is 4.35. The second kappa shape index (κ2) is 16.5. The highest BCUT2D eigenvalue weighted by Gasteiger charge is 2.61. The van der Waals surface area contributed by atoms with Gasteiger partial charge in [0.05, 0.1) is 71.6 Å². The van der Waals surface area contributed by atoms with Gasteiger partial charge in [0.25, 0.3) is 0 Å². The number of Topliss-reactive ketones (excluding diaryl/α,β-unsaturated/α-hetero) is 1. The van der Waals surface area contributed by atoms with Crippen LogP contribution in [0.15, 0.2) is 36.2 Å². The number of allylic oxidation sites excluding steroid dienone is 1. The van der Waals surface area contributed by atoms with E-state index >= 15 is 0 Å². The minimum Gasteiger partial charge on any atom is -0.495 e. The first-order valence-corrected chi connectivity index (χ1v) is 21.6. The SMILES string of the molecule is C=CC1C[C@]1(CC(=O)[C@@H]1CC(Oc2cc(-c3csc(CC(C)C)n3)nc3c(Cl)c(OC)ccc23)CN1C(=O)[C@@H](CC(=O)OC1C[C@H]2CC[C@@H](C1)O2)C(C)(C)C)C(=O)O. The number of halogens is 1.